The second kappa shape index (κ2) is 7.42. The second-order valence-corrected chi connectivity index (χ2v) is 8.40. The van der Waals surface area contributed by atoms with E-state index in [9.17, 15) is 0 Å². The first-order valence-corrected chi connectivity index (χ1v) is 11.2. The van der Waals surface area contributed by atoms with Gasteiger partial charge in [0.15, 0.2) is 0 Å². The largest absolute Gasteiger partial charge is 0.464 e. The van der Waals surface area contributed by atoms with Crippen LogP contribution >= 0.6 is 0 Å². The molecule has 0 aliphatic heterocycles. The van der Waals surface area contributed by atoms with Crippen LogP contribution in [0.25, 0.3) is 60.7 Å². The number of rotatable bonds is 3. The molecule has 0 aliphatic rings. The number of pyridine rings is 2. The summed E-state index contributed by atoms with van der Waals surface area (Å²) in [5.74, 6) is 0. The van der Waals surface area contributed by atoms with Crippen LogP contribution in [0.3, 0.4) is 0 Å². The molecule has 3 aromatic carbocycles. The lowest BCUT2D eigenvalue weighted by molar-refractivity contribution is 0.619. The van der Waals surface area contributed by atoms with Crippen molar-refractivity contribution in [2.75, 3.05) is 0 Å². The Hall–Kier alpha value is -4.70. The first-order chi connectivity index (χ1) is 16.9. The number of aromatic nitrogens is 3. The van der Waals surface area contributed by atoms with E-state index >= 15 is 0 Å². The third kappa shape index (κ3) is 2.86. The van der Waals surface area contributed by atoms with Crippen molar-refractivity contribution in [3.8, 4) is 27.9 Å². The van der Waals surface area contributed by atoms with Crippen LogP contribution in [0.15, 0.2) is 120 Å². The van der Waals surface area contributed by atoms with E-state index in [0.717, 1.165) is 55.3 Å². The van der Waals surface area contributed by atoms with Gasteiger partial charge in [0.05, 0.1) is 22.7 Å². The van der Waals surface area contributed by atoms with E-state index in [1.165, 1.54) is 5.39 Å². The molecule has 0 saturated heterocycles. The standard InChI is InChI=1S/C30H19N3O/c1-2-8-27-26(7-1)29-28(10-9-20-11-14-34-30(20)29)33(27)25-16-23(21-5-3-12-31-18-21)15-24(17-25)22-6-4-13-32-19-22/h1-19H. The maximum atomic E-state index is 5.94. The van der Waals surface area contributed by atoms with Crippen LogP contribution in [0.4, 0.5) is 0 Å². The minimum atomic E-state index is 0.920. The monoisotopic (exact) mass is 437 g/mol. The van der Waals surface area contributed by atoms with Crippen molar-refractivity contribution in [1.29, 1.82) is 0 Å². The van der Waals surface area contributed by atoms with Gasteiger partial charge >= 0.3 is 0 Å². The van der Waals surface area contributed by atoms with Gasteiger partial charge in [0.2, 0.25) is 0 Å². The number of hydrogen-bond donors (Lipinski definition) is 0. The Labute approximate surface area is 195 Å². The lowest BCUT2D eigenvalue weighted by Gasteiger charge is -2.13. The predicted octanol–water partition coefficient (Wildman–Crippen LogP) is 7.65. The second-order valence-electron chi connectivity index (χ2n) is 8.40. The number of benzene rings is 3. The summed E-state index contributed by atoms with van der Waals surface area (Å²) in [5, 5.41) is 3.41. The molecule has 4 nitrogen and oxygen atoms in total. The molecule has 0 radical (unpaired) electrons. The average molecular weight is 438 g/mol. The van der Waals surface area contributed by atoms with Gasteiger partial charge in [-0.05, 0) is 65.7 Å². The maximum absolute atomic E-state index is 5.94. The van der Waals surface area contributed by atoms with Crippen molar-refractivity contribution >= 4 is 32.8 Å². The Morgan fingerprint density at radius 2 is 1.35 bits per heavy atom. The third-order valence-electron chi connectivity index (χ3n) is 6.42. The zero-order valence-electron chi connectivity index (χ0n) is 18.2. The van der Waals surface area contributed by atoms with Gasteiger partial charge in [0, 0.05) is 52.4 Å². The highest BCUT2D eigenvalue weighted by Crippen LogP contribution is 2.39. The lowest BCUT2D eigenvalue weighted by Crippen LogP contribution is -1.96. The molecule has 0 amide bonds. The summed E-state index contributed by atoms with van der Waals surface area (Å²) in [5.41, 5.74) is 8.61. The summed E-state index contributed by atoms with van der Waals surface area (Å²) in [6, 6.07) is 29.6. The Kier molecular flexibility index (Phi) is 4.11. The number of hydrogen-bond acceptors (Lipinski definition) is 3. The maximum Gasteiger partial charge on any atom is 0.143 e. The summed E-state index contributed by atoms with van der Waals surface area (Å²) in [6.45, 7) is 0. The van der Waals surface area contributed by atoms with E-state index in [-0.39, 0.29) is 0 Å². The molecule has 0 saturated carbocycles. The first-order valence-electron chi connectivity index (χ1n) is 11.2. The van der Waals surface area contributed by atoms with Crippen LogP contribution in [-0.2, 0) is 0 Å². The van der Waals surface area contributed by atoms with Crippen LogP contribution in [0.1, 0.15) is 0 Å². The SMILES string of the molecule is c1cncc(-c2cc(-c3cccnc3)cc(-n3c4ccccc4c4c5occc5ccc43)c2)c1. The number of furan rings is 1. The van der Waals surface area contributed by atoms with Crippen LogP contribution in [0.5, 0.6) is 0 Å². The molecule has 7 aromatic rings. The van der Waals surface area contributed by atoms with Gasteiger partial charge in [-0.1, -0.05) is 30.3 Å². The molecule has 0 bridgehead atoms. The summed E-state index contributed by atoms with van der Waals surface area (Å²) in [4.78, 5) is 8.70. The molecular formula is C30H19N3O. The number of para-hydroxylation sites is 1. The minimum absolute atomic E-state index is 0.920. The molecule has 0 N–H and O–H groups in total. The van der Waals surface area contributed by atoms with E-state index in [0.29, 0.717) is 0 Å². The smallest absolute Gasteiger partial charge is 0.143 e. The molecule has 0 aliphatic carbocycles. The lowest BCUT2D eigenvalue weighted by atomic mass is 9.99. The molecular weight excluding hydrogens is 418 g/mol. The summed E-state index contributed by atoms with van der Waals surface area (Å²) < 4.78 is 8.27. The van der Waals surface area contributed by atoms with Crippen LogP contribution in [0, 0.1) is 0 Å². The van der Waals surface area contributed by atoms with Crippen molar-refractivity contribution in [3.63, 3.8) is 0 Å². The minimum Gasteiger partial charge on any atom is -0.464 e. The van der Waals surface area contributed by atoms with Gasteiger partial charge in [-0.3, -0.25) is 9.97 Å². The van der Waals surface area contributed by atoms with Crippen molar-refractivity contribution < 1.29 is 4.42 Å². The molecule has 0 fully saturated rings. The fourth-order valence-corrected chi connectivity index (χ4v) is 4.90. The van der Waals surface area contributed by atoms with Gasteiger partial charge in [0.25, 0.3) is 0 Å². The van der Waals surface area contributed by atoms with E-state index < -0.39 is 0 Å². The Balaban J connectivity index is 1.59. The van der Waals surface area contributed by atoms with Crippen molar-refractivity contribution in [1.82, 2.24) is 14.5 Å². The van der Waals surface area contributed by atoms with Gasteiger partial charge < -0.3 is 8.98 Å². The molecule has 0 unspecified atom stereocenters. The van der Waals surface area contributed by atoms with Crippen LogP contribution in [-0.4, -0.2) is 14.5 Å². The highest BCUT2D eigenvalue weighted by molar-refractivity contribution is 6.19. The molecule has 7 rings (SSSR count). The molecule has 160 valence electrons. The zero-order valence-corrected chi connectivity index (χ0v) is 18.2. The molecule has 4 heterocycles. The Bertz CT molecular complexity index is 1740. The quantitative estimate of drug-likeness (QED) is 0.285. The fraction of sp³-hybridized carbons (Fsp3) is 0. The van der Waals surface area contributed by atoms with Gasteiger partial charge in [-0.2, -0.15) is 0 Å². The molecule has 34 heavy (non-hydrogen) atoms. The fourth-order valence-electron chi connectivity index (χ4n) is 4.90. The summed E-state index contributed by atoms with van der Waals surface area (Å²) in [7, 11) is 0. The van der Waals surface area contributed by atoms with Gasteiger partial charge in [-0.15, -0.1) is 0 Å². The van der Waals surface area contributed by atoms with Gasteiger partial charge in [0.1, 0.15) is 5.58 Å². The van der Waals surface area contributed by atoms with Crippen molar-refractivity contribution in [3.05, 3.63) is 116 Å². The average Bonchev–Trinajstić information content (AvgIpc) is 3.52. The highest BCUT2D eigenvalue weighted by atomic mass is 16.3. The van der Waals surface area contributed by atoms with Crippen molar-refractivity contribution in [2.24, 2.45) is 0 Å². The molecule has 0 atom stereocenters. The molecule has 0 spiro atoms. The zero-order chi connectivity index (χ0) is 22.5. The highest BCUT2D eigenvalue weighted by Gasteiger charge is 2.17. The topological polar surface area (TPSA) is 43.9 Å². The van der Waals surface area contributed by atoms with E-state index in [1.54, 1.807) is 18.7 Å². The van der Waals surface area contributed by atoms with E-state index in [2.05, 4.69) is 81.3 Å². The number of nitrogens with zero attached hydrogens (tertiary/aromatic N) is 3. The number of fused-ring (bicyclic) bond motifs is 5. The van der Waals surface area contributed by atoms with Crippen LogP contribution in [0.2, 0.25) is 0 Å². The Morgan fingerprint density at radius 1 is 0.618 bits per heavy atom. The normalized spacial score (nSPS) is 11.5. The van der Waals surface area contributed by atoms with Crippen molar-refractivity contribution in [2.45, 2.75) is 0 Å². The summed E-state index contributed by atoms with van der Waals surface area (Å²) >= 11 is 0. The molecule has 4 aromatic heterocycles. The summed E-state index contributed by atoms with van der Waals surface area (Å²) in [6.07, 6.45) is 9.18. The van der Waals surface area contributed by atoms with Crippen LogP contribution < -0.4 is 0 Å². The van der Waals surface area contributed by atoms with E-state index in [4.69, 9.17) is 4.42 Å². The first kappa shape index (κ1) is 18.8. The molecule has 4 heteroatoms. The van der Waals surface area contributed by atoms with E-state index in [1.807, 2.05) is 30.6 Å². The predicted molar refractivity (Wildman–Crippen MR) is 137 cm³/mol. The third-order valence-corrected chi connectivity index (χ3v) is 6.42. The van der Waals surface area contributed by atoms with Gasteiger partial charge in [-0.25, -0.2) is 0 Å². The Morgan fingerprint density at radius 3 is 2.06 bits per heavy atom.